The summed E-state index contributed by atoms with van der Waals surface area (Å²) in [6, 6.07) is 6.99. The van der Waals surface area contributed by atoms with Gasteiger partial charge in [-0.15, -0.1) is 0 Å². The molecule has 0 saturated heterocycles. The van der Waals surface area contributed by atoms with Crippen LogP contribution in [0.4, 0.5) is 0 Å². The molecule has 0 atom stereocenters. The number of ether oxygens (including phenoxy) is 3. The number of fused-ring (bicyclic) bond motifs is 1. The number of methoxy groups -OCH3 is 1. The van der Waals surface area contributed by atoms with Crippen LogP contribution >= 0.6 is 0 Å². The van der Waals surface area contributed by atoms with Crippen LogP contribution in [0.15, 0.2) is 29.1 Å². The number of hydrogen-bond acceptors (Lipinski definition) is 6. The summed E-state index contributed by atoms with van der Waals surface area (Å²) >= 11 is 0. The van der Waals surface area contributed by atoms with E-state index in [-0.39, 0.29) is 25.2 Å². The first-order valence-electron chi connectivity index (χ1n) is 8.97. The summed E-state index contributed by atoms with van der Waals surface area (Å²) in [6.07, 6.45) is 0.716. The monoisotopic (exact) mass is 375 g/mol. The van der Waals surface area contributed by atoms with E-state index in [0.717, 1.165) is 16.5 Å². The number of nitrogens with one attached hydrogen (secondary N) is 1. The van der Waals surface area contributed by atoms with Gasteiger partial charge in [0.1, 0.15) is 0 Å². The van der Waals surface area contributed by atoms with Crippen molar-refractivity contribution >= 4 is 22.8 Å². The second kappa shape index (κ2) is 9.87. The molecule has 0 spiro atoms. The Morgan fingerprint density at radius 3 is 2.22 bits per heavy atom. The number of hydrogen-bond donors (Lipinski definition) is 1. The van der Waals surface area contributed by atoms with E-state index in [9.17, 15) is 14.4 Å². The molecule has 1 aromatic carbocycles. The number of aryl methyl sites for hydroxylation is 1. The van der Waals surface area contributed by atoms with Crippen LogP contribution in [0.5, 0.6) is 0 Å². The maximum absolute atomic E-state index is 12.1. The normalized spacial score (nSPS) is 11.0. The highest BCUT2D eigenvalue weighted by Gasteiger charge is 2.29. The molecule has 7 nitrogen and oxygen atoms in total. The lowest BCUT2D eigenvalue weighted by Gasteiger charge is -2.15. The van der Waals surface area contributed by atoms with Gasteiger partial charge < -0.3 is 19.2 Å². The smallest absolute Gasteiger partial charge is 0.320 e. The molecular formula is C20H25NO6. The molecule has 0 fully saturated rings. The van der Waals surface area contributed by atoms with Crippen LogP contribution in [-0.4, -0.2) is 37.2 Å². The summed E-state index contributed by atoms with van der Waals surface area (Å²) in [5, 5.41) is 0.857. The fourth-order valence-electron chi connectivity index (χ4n) is 2.98. The SMILES string of the molecule is CCOC(=O)C(CCc1ccc(COC)c2[nH]c(=O)ccc12)C(=O)OCC. The highest BCUT2D eigenvalue weighted by atomic mass is 16.6. The Labute approximate surface area is 157 Å². The summed E-state index contributed by atoms with van der Waals surface area (Å²) in [7, 11) is 1.59. The molecule has 2 aromatic rings. The van der Waals surface area contributed by atoms with E-state index in [0.29, 0.717) is 18.5 Å². The van der Waals surface area contributed by atoms with Gasteiger partial charge in [0.2, 0.25) is 5.56 Å². The average molecular weight is 375 g/mol. The molecule has 0 aliphatic rings. The Morgan fingerprint density at radius 1 is 1.00 bits per heavy atom. The van der Waals surface area contributed by atoms with Gasteiger partial charge in [-0.3, -0.25) is 14.4 Å². The molecule has 146 valence electrons. The van der Waals surface area contributed by atoms with E-state index in [1.807, 2.05) is 12.1 Å². The standard InChI is InChI=1S/C20H25NO6/c1-4-26-19(23)16(20(24)27-5-2)9-8-13-6-7-14(12-25-3)18-15(13)10-11-17(22)21-18/h6-7,10-11,16H,4-5,8-9,12H2,1-3H3,(H,21,22). The fourth-order valence-corrected chi connectivity index (χ4v) is 2.98. The third-order valence-corrected chi connectivity index (χ3v) is 4.22. The lowest BCUT2D eigenvalue weighted by atomic mass is 9.95. The van der Waals surface area contributed by atoms with Crippen molar-refractivity contribution < 1.29 is 23.8 Å². The Hall–Kier alpha value is -2.67. The van der Waals surface area contributed by atoms with E-state index >= 15 is 0 Å². The van der Waals surface area contributed by atoms with E-state index in [1.165, 1.54) is 6.07 Å². The number of pyridine rings is 1. The van der Waals surface area contributed by atoms with Gasteiger partial charge in [-0.05, 0) is 38.3 Å². The van der Waals surface area contributed by atoms with Gasteiger partial charge >= 0.3 is 11.9 Å². The number of esters is 2. The topological polar surface area (TPSA) is 94.7 Å². The molecule has 1 N–H and O–H groups in total. The third-order valence-electron chi connectivity index (χ3n) is 4.22. The predicted molar refractivity (Wildman–Crippen MR) is 100 cm³/mol. The predicted octanol–water partition coefficient (Wildman–Crippen LogP) is 2.35. The van der Waals surface area contributed by atoms with Crippen molar-refractivity contribution in [2.75, 3.05) is 20.3 Å². The molecule has 0 bridgehead atoms. The minimum absolute atomic E-state index is 0.199. The molecule has 2 rings (SSSR count). The highest BCUT2D eigenvalue weighted by molar-refractivity contribution is 5.95. The third kappa shape index (κ3) is 5.17. The van der Waals surface area contributed by atoms with Crippen molar-refractivity contribution in [1.29, 1.82) is 0 Å². The first-order valence-corrected chi connectivity index (χ1v) is 8.97. The summed E-state index contributed by atoms with van der Waals surface area (Å²) in [4.78, 5) is 38.8. The van der Waals surface area contributed by atoms with Crippen molar-refractivity contribution in [1.82, 2.24) is 4.98 Å². The lowest BCUT2D eigenvalue weighted by Crippen LogP contribution is -2.28. The van der Waals surface area contributed by atoms with Crippen LogP contribution in [0, 0.1) is 5.92 Å². The molecule has 0 aliphatic heterocycles. The Morgan fingerprint density at radius 2 is 1.63 bits per heavy atom. The average Bonchev–Trinajstić information content (AvgIpc) is 2.64. The van der Waals surface area contributed by atoms with E-state index < -0.39 is 17.9 Å². The quantitative estimate of drug-likeness (QED) is 0.534. The van der Waals surface area contributed by atoms with Crippen molar-refractivity contribution in [3.05, 3.63) is 45.7 Å². The van der Waals surface area contributed by atoms with Gasteiger partial charge in [0, 0.05) is 24.1 Å². The Kier molecular flexibility index (Phi) is 7.55. The van der Waals surface area contributed by atoms with E-state index in [2.05, 4.69) is 4.98 Å². The number of carbonyl (C=O) groups is 2. The van der Waals surface area contributed by atoms with Gasteiger partial charge in [0.05, 0.1) is 25.3 Å². The number of H-pyrrole nitrogens is 1. The maximum Gasteiger partial charge on any atom is 0.320 e. The Balaban J connectivity index is 2.31. The Bertz CT molecular complexity index is 839. The summed E-state index contributed by atoms with van der Waals surface area (Å²) in [5.41, 5.74) is 2.28. The van der Waals surface area contributed by atoms with Crippen molar-refractivity contribution in [3.8, 4) is 0 Å². The second-order valence-corrected chi connectivity index (χ2v) is 6.02. The number of rotatable bonds is 9. The van der Waals surface area contributed by atoms with Crippen LogP contribution in [0.2, 0.25) is 0 Å². The van der Waals surface area contributed by atoms with Crippen LogP contribution < -0.4 is 5.56 Å². The molecule has 1 aromatic heterocycles. The van der Waals surface area contributed by atoms with Gasteiger partial charge in [-0.1, -0.05) is 12.1 Å². The van der Waals surface area contributed by atoms with Gasteiger partial charge in [0.25, 0.3) is 0 Å². The minimum atomic E-state index is -0.971. The molecule has 0 radical (unpaired) electrons. The molecule has 0 aliphatic carbocycles. The maximum atomic E-state index is 12.1. The number of benzene rings is 1. The minimum Gasteiger partial charge on any atom is -0.465 e. The van der Waals surface area contributed by atoms with Gasteiger partial charge in [-0.2, -0.15) is 0 Å². The molecule has 0 amide bonds. The number of aromatic amines is 1. The van der Waals surface area contributed by atoms with E-state index in [4.69, 9.17) is 14.2 Å². The van der Waals surface area contributed by atoms with Crippen LogP contribution in [-0.2, 0) is 36.8 Å². The summed E-state index contributed by atoms with van der Waals surface area (Å²) < 4.78 is 15.2. The summed E-state index contributed by atoms with van der Waals surface area (Å²) in [6.45, 7) is 4.15. The first-order chi connectivity index (χ1) is 13.0. The zero-order valence-electron chi connectivity index (χ0n) is 15.9. The molecular weight excluding hydrogens is 350 g/mol. The number of aromatic nitrogens is 1. The van der Waals surface area contributed by atoms with Crippen molar-refractivity contribution in [3.63, 3.8) is 0 Å². The fraction of sp³-hybridized carbons (Fsp3) is 0.450. The molecule has 0 unspecified atom stereocenters. The van der Waals surface area contributed by atoms with Crippen LogP contribution in [0.1, 0.15) is 31.4 Å². The first kappa shape index (κ1) is 20.6. The van der Waals surface area contributed by atoms with E-state index in [1.54, 1.807) is 27.0 Å². The molecule has 1 heterocycles. The molecule has 27 heavy (non-hydrogen) atoms. The van der Waals surface area contributed by atoms with Crippen LogP contribution in [0.25, 0.3) is 10.9 Å². The largest absolute Gasteiger partial charge is 0.465 e. The van der Waals surface area contributed by atoms with Gasteiger partial charge in [-0.25, -0.2) is 0 Å². The van der Waals surface area contributed by atoms with Gasteiger partial charge in [0.15, 0.2) is 5.92 Å². The number of carbonyl (C=O) groups excluding carboxylic acids is 2. The van der Waals surface area contributed by atoms with Crippen molar-refractivity contribution in [2.24, 2.45) is 5.92 Å². The highest BCUT2D eigenvalue weighted by Crippen LogP contribution is 2.23. The summed E-state index contributed by atoms with van der Waals surface area (Å²) in [5.74, 6) is -2.13. The molecule has 0 saturated carbocycles. The zero-order chi connectivity index (χ0) is 19.8. The van der Waals surface area contributed by atoms with Crippen LogP contribution in [0.3, 0.4) is 0 Å². The second-order valence-electron chi connectivity index (χ2n) is 6.02. The molecule has 7 heteroatoms. The zero-order valence-corrected chi connectivity index (χ0v) is 15.9. The lowest BCUT2D eigenvalue weighted by molar-refractivity contribution is -0.161. The van der Waals surface area contributed by atoms with Crippen molar-refractivity contribution in [2.45, 2.75) is 33.3 Å².